The van der Waals surface area contributed by atoms with Gasteiger partial charge in [-0.3, -0.25) is 0 Å². The Balaban J connectivity index is 2.02. The zero-order valence-electron chi connectivity index (χ0n) is 11.3. The predicted molar refractivity (Wildman–Crippen MR) is 86.0 cm³/mol. The molecule has 20 heavy (non-hydrogen) atoms. The fourth-order valence-electron chi connectivity index (χ4n) is 3.62. The number of rotatable bonds is 0. The molecule has 0 saturated carbocycles. The molecule has 1 radical (unpaired) electrons. The van der Waals surface area contributed by atoms with Crippen molar-refractivity contribution < 1.29 is 0 Å². The highest BCUT2D eigenvalue weighted by molar-refractivity contribution is 6.32. The van der Waals surface area contributed by atoms with Crippen LogP contribution in [0.25, 0.3) is 17.2 Å². The molecule has 0 amide bonds. The minimum absolute atomic E-state index is 0.253. The van der Waals surface area contributed by atoms with Crippen LogP contribution in [0.2, 0.25) is 5.02 Å². The van der Waals surface area contributed by atoms with Crippen LogP contribution in [0.5, 0.6) is 0 Å². The van der Waals surface area contributed by atoms with Gasteiger partial charge in [0.25, 0.3) is 0 Å². The summed E-state index contributed by atoms with van der Waals surface area (Å²) in [6, 6.07) is 10.7. The molecule has 0 spiro atoms. The Bertz CT molecular complexity index is 725. The third-order valence-corrected chi connectivity index (χ3v) is 4.86. The van der Waals surface area contributed by atoms with Gasteiger partial charge in [-0.25, -0.2) is 0 Å². The Morgan fingerprint density at radius 3 is 2.85 bits per heavy atom. The Labute approximate surface area is 125 Å². The van der Waals surface area contributed by atoms with Crippen LogP contribution in [-0.4, -0.2) is 0 Å². The summed E-state index contributed by atoms with van der Waals surface area (Å²) in [5, 5.41) is 0.853. The summed E-state index contributed by atoms with van der Waals surface area (Å²) >= 11 is 6.40. The van der Waals surface area contributed by atoms with Gasteiger partial charge in [-0.05, 0) is 71.6 Å². The summed E-state index contributed by atoms with van der Waals surface area (Å²) in [5.41, 5.74) is 8.24. The molecule has 0 aliphatic heterocycles. The van der Waals surface area contributed by atoms with E-state index in [1.54, 1.807) is 0 Å². The van der Waals surface area contributed by atoms with Crippen LogP contribution in [0, 0.1) is 6.92 Å². The van der Waals surface area contributed by atoms with Gasteiger partial charge in [0.15, 0.2) is 0 Å². The lowest BCUT2D eigenvalue weighted by Crippen LogP contribution is -2.13. The van der Waals surface area contributed by atoms with Crippen molar-refractivity contribution in [3.05, 3.63) is 70.6 Å². The Hall–Kier alpha value is -1.53. The summed E-state index contributed by atoms with van der Waals surface area (Å²) in [5.74, 6) is 0.253. The second kappa shape index (κ2) is 4.49. The van der Waals surface area contributed by atoms with Gasteiger partial charge in [-0.2, -0.15) is 0 Å². The van der Waals surface area contributed by atoms with Gasteiger partial charge in [0.2, 0.25) is 0 Å². The predicted octanol–water partition coefficient (Wildman–Crippen LogP) is 5.44. The van der Waals surface area contributed by atoms with E-state index in [0.717, 1.165) is 24.3 Å². The van der Waals surface area contributed by atoms with E-state index in [4.69, 9.17) is 11.6 Å². The summed E-state index contributed by atoms with van der Waals surface area (Å²) in [7, 11) is 0. The van der Waals surface area contributed by atoms with E-state index in [2.05, 4.69) is 37.3 Å². The van der Waals surface area contributed by atoms with Gasteiger partial charge in [0.05, 0.1) is 0 Å². The van der Waals surface area contributed by atoms with Crippen LogP contribution >= 0.6 is 11.6 Å². The fraction of sp³-hybridized carbons (Fsp3) is 0.211. The molecule has 0 saturated heterocycles. The highest BCUT2D eigenvalue weighted by atomic mass is 35.5. The van der Waals surface area contributed by atoms with Crippen molar-refractivity contribution in [3.8, 4) is 11.1 Å². The van der Waals surface area contributed by atoms with Crippen molar-refractivity contribution in [2.45, 2.75) is 25.2 Å². The SMILES string of the molecule is [CH2]C1Cc2c(ccc3c2CCC=C3)-c2cccc(Cl)c21. The molecule has 0 heterocycles. The average Bonchev–Trinajstić information content (AvgIpc) is 2.47. The smallest absolute Gasteiger partial charge is 0.0447 e. The first-order chi connectivity index (χ1) is 9.75. The maximum Gasteiger partial charge on any atom is 0.0447 e. The van der Waals surface area contributed by atoms with Gasteiger partial charge in [-0.15, -0.1) is 0 Å². The van der Waals surface area contributed by atoms with E-state index in [1.165, 1.54) is 33.4 Å². The van der Waals surface area contributed by atoms with E-state index in [9.17, 15) is 0 Å². The average molecular weight is 280 g/mol. The monoisotopic (exact) mass is 279 g/mol. The fourth-order valence-corrected chi connectivity index (χ4v) is 3.95. The van der Waals surface area contributed by atoms with Crippen molar-refractivity contribution >= 4 is 17.7 Å². The molecule has 2 aromatic carbocycles. The maximum absolute atomic E-state index is 6.40. The highest BCUT2D eigenvalue weighted by Crippen LogP contribution is 2.45. The number of fused-ring (bicyclic) bond motifs is 5. The van der Waals surface area contributed by atoms with Crippen LogP contribution in [0.1, 0.15) is 34.6 Å². The Morgan fingerprint density at radius 2 is 1.95 bits per heavy atom. The Kier molecular flexibility index (Phi) is 2.75. The van der Waals surface area contributed by atoms with E-state index >= 15 is 0 Å². The van der Waals surface area contributed by atoms with Crippen LogP contribution in [0.4, 0.5) is 0 Å². The number of hydrogen-bond donors (Lipinski definition) is 0. The third-order valence-electron chi connectivity index (χ3n) is 4.53. The molecule has 0 aromatic heterocycles. The van der Waals surface area contributed by atoms with Crippen molar-refractivity contribution in [1.82, 2.24) is 0 Å². The molecule has 2 aliphatic carbocycles. The van der Waals surface area contributed by atoms with Gasteiger partial charge in [-0.1, -0.05) is 48.0 Å². The molecule has 2 aliphatic rings. The third kappa shape index (κ3) is 1.68. The molecule has 1 heteroatoms. The van der Waals surface area contributed by atoms with Crippen LogP contribution in [0.15, 0.2) is 36.4 Å². The summed E-state index contributed by atoms with van der Waals surface area (Å²) in [6.45, 7) is 4.35. The van der Waals surface area contributed by atoms with E-state index in [-0.39, 0.29) is 5.92 Å². The van der Waals surface area contributed by atoms with Crippen LogP contribution < -0.4 is 0 Å². The number of allylic oxidation sites excluding steroid dienone is 1. The lowest BCUT2D eigenvalue weighted by Gasteiger charge is -2.29. The Morgan fingerprint density at radius 1 is 1.05 bits per heavy atom. The second-order valence-electron chi connectivity index (χ2n) is 5.70. The summed E-state index contributed by atoms with van der Waals surface area (Å²) < 4.78 is 0. The number of hydrogen-bond acceptors (Lipinski definition) is 0. The van der Waals surface area contributed by atoms with Gasteiger partial charge < -0.3 is 0 Å². The molecule has 2 aromatic rings. The minimum Gasteiger partial charge on any atom is -0.0840 e. The molecule has 1 atom stereocenters. The van der Waals surface area contributed by atoms with Crippen molar-refractivity contribution in [3.63, 3.8) is 0 Å². The molecule has 0 nitrogen and oxygen atoms in total. The van der Waals surface area contributed by atoms with Crippen LogP contribution in [0.3, 0.4) is 0 Å². The number of benzene rings is 2. The molecule has 1 unspecified atom stereocenters. The van der Waals surface area contributed by atoms with Crippen molar-refractivity contribution in [2.24, 2.45) is 0 Å². The molecule has 0 fully saturated rings. The van der Waals surface area contributed by atoms with E-state index in [1.807, 2.05) is 12.1 Å². The first-order valence-corrected chi connectivity index (χ1v) is 7.56. The standard InChI is InChI=1S/C19H16Cl/c1-12-11-17-14-6-3-2-5-13(14)9-10-15(17)16-7-4-8-18(20)19(12)16/h2,4-5,7-10,12H,1,3,6,11H2. The van der Waals surface area contributed by atoms with Gasteiger partial charge in [0.1, 0.15) is 0 Å². The first-order valence-electron chi connectivity index (χ1n) is 7.19. The molecule has 4 rings (SSSR count). The molecular weight excluding hydrogens is 264 g/mol. The van der Waals surface area contributed by atoms with Crippen molar-refractivity contribution in [1.29, 1.82) is 0 Å². The summed E-state index contributed by atoms with van der Waals surface area (Å²) in [6.07, 6.45) is 7.82. The second-order valence-corrected chi connectivity index (χ2v) is 6.11. The van der Waals surface area contributed by atoms with Crippen molar-refractivity contribution in [2.75, 3.05) is 0 Å². The normalized spacial score (nSPS) is 19.2. The topological polar surface area (TPSA) is 0 Å². The lowest BCUT2D eigenvalue weighted by molar-refractivity contribution is 0.800. The zero-order valence-corrected chi connectivity index (χ0v) is 12.1. The zero-order chi connectivity index (χ0) is 13.7. The quantitative estimate of drug-likeness (QED) is 0.602. The molecular formula is C19H16Cl. The maximum atomic E-state index is 6.40. The largest absolute Gasteiger partial charge is 0.0840 e. The molecule has 0 N–H and O–H groups in total. The summed E-state index contributed by atoms with van der Waals surface area (Å²) in [4.78, 5) is 0. The van der Waals surface area contributed by atoms with E-state index < -0.39 is 0 Å². The van der Waals surface area contributed by atoms with Gasteiger partial charge in [0, 0.05) is 5.02 Å². The molecule has 99 valence electrons. The van der Waals surface area contributed by atoms with E-state index in [0.29, 0.717) is 0 Å². The number of halogens is 1. The highest BCUT2D eigenvalue weighted by Gasteiger charge is 2.26. The lowest BCUT2D eigenvalue weighted by atomic mass is 9.75. The van der Waals surface area contributed by atoms with Gasteiger partial charge >= 0.3 is 0 Å². The minimum atomic E-state index is 0.253. The first kappa shape index (κ1) is 12.2. The molecule has 0 bridgehead atoms. The van der Waals surface area contributed by atoms with Crippen LogP contribution in [-0.2, 0) is 12.8 Å².